The molecule has 0 aromatic carbocycles. The lowest BCUT2D eigenvalue weighted by atomic mass is 10.1. The minimum Gasteiger partial charge on any atom is -0.466 e. The number of nitriles is 1. The van der Waals surface area contributed by atoms with Crippen LogP contribution in [0.3, 0.4) is 0 Å². The normalized spacial score (nSPS) is 12.9. The van der Waals surface area contributed by atoms with Gasteiger partial charge in [-0.2, -0.15) is 18.4 Å². The summed E-state index contributed by atoms with van der Waals surface area (Å²) in [7, 11) is 0. The Kier molecular flexibility index (Phi) is 7.30. The van der Waals surface area contributed by atoms with Crippen LogP contribution in [-0.4, -0.2) is 31.8 Å². The molecule has 0 bridgehead atoms. The highest BCUT2D eigenvalue weighted by molar-refractivity contribution is 5.69. The van der Waals surface area contributed by atoms with Gasteiger partial charge in [-0.1, -0.05) is 0 Å². The molecule has 0 rings (SSSR count). The Balaban J connectivity index is 3.64. The average molecular weight is 252 g/mol. The highest BCUT2D eigenvalue weighted by Gasteiger charge is 2.39. The second-order valence-electron chi connectivity index (χ2n) is 3.34. The lowest BCUT2D eigenvalue weighted by Crippen LogP contribution is -2.33. The summed E-state index contributed by atoms with van der Waals surface area (Å²) < 4.78 is 41.0. The molecule has 0 aromatic rings. The van der Waals surface area contributed by atoms with Crippen LogP contribution in [0.25, 0.3) is 0 Å². The zero-order valence-electron chi connectivity index (χ0n) is 9.51. The fourth-order valence-corrected chi connectivity index (χ4v) is 1.07. The molecule has 4 nitrogen and oxygen atoms in total. The molecule has 98 valence electrons. The summed E-state index contributed by atoms with van der Waals surface area (Å²) in [5.74, 6) is -2.38. The Morgan fingerprint density at radius 3 is 2.65 bits per heavy atom. The Bertz CT molecular complexity index is 274. The molecule has 0 amide bonds. The van der Waals surface area contributed by atoms with E-state index in [0.29, 0.717) is 6.42 Å². The molecule has 0 fully saturated rings. The van der Waals surface area contributed by atoms with Crippen LogP contribution in [0, 0.1) is 17.2 Å². The maximum Gasteiger partial charge on any atom is 0.405 e. The van der Waals surface area contributed by atoms with Gasteiger partial charge >= 0.3 is 12.1 Å². The van der Waals surface area contributed by atoms with Gasteiger partial charge in [-0.25, -0.2) is 0 Å². The van der Waals surface area contributed by atoms with Crippen LogP contribution < -0.4 is 5.32 Å². The standard InChI is InChI=1S/C10H15F3N2O2/c1-2-17-9(16)4-3-5-15-7-8(6-14)10(11,12)13/h8,15H,2-5,7H2,1H3. The molecule has 7 heteroatoms. The zero-order valence-corrected chi connectivity index (χ0v) is 9.51. The molecule has 0 aliphatic heterocycles. The monoisotopic (exact) mass is 252 g/mol. The summed E-state index contributed by atoms with van der Waals surface area (Å²) in [4.78, 5) is 10.9. The van der Waals surface area contributed by atoms with E-state index >= 15 is 0 Å². The van der Waals surface area contributed by atoms with Crippen LogP contribution in [0.4, 0.5) is 13.2 Å². The minimum atomic E-state index is -4.51. The van der Waals surface area contributed by atoms with Crippen molar-refractivity contribution in [1.82, 2.24) is 5.32 Å². The number of alkyl halides is 3. The van der Waals surface area contributed by atoms with Crippen molar-refractivity contribution in [3.05, 3.63) is 0 Å². The Labute approximate surface area is 97.7 Å². The van der Waals surface area contributed by atoms with E-state index in [0.717, 1.165) is 0 Å². The fraction of sp³-hybridized carbons (Fsp3) is 0.800. The quantitative estimate of drug-likeness (QED) is 0.552. The zero-order chi connectivity index (χ0) is 13.3. The van der Waals surface area contributed by atoms with Gasteiger partial charge in [0.1, 0.15) is 0 Å². The van der Waals surface area contributed by atoms with Crippen LogP contribution >= 0.6 is 0 Å². The first-order valence-electron chi connectivity index (χ1n) is 5.24. The van der Waals surface area contributed by atoms with Crippen molar-refractivity contribution in [3.63, 3.8) is 0 Å². The van der Waals surface area contributed by atoms with Gasteiger partial charge < -0.3 is 10.1 Å². The number of hydrogen-bond acceptors (Lipinski definition) is 4. The fourth-order valence-electron chi connectivity index (χ4n) is 1.07. The van der Waals surface area contributed by atoms with Crippen molar-refractivity contribution in [1.29, 1.82) is 5.26 Å². The molecule has 0 radical (unpaired) electrons. The molecule has 0 saturated heterocycles. The third-order valence-electron chi connectivity index (χ3n) is 1.94. The van der Waals surface area contributed by atoms with Crippen molar-refractivity contribution in [2.24, 2.45) is 5.92 Å². The molecule has 0 saturated carbocycles. The minimum absolute atomic E-state index is 0.157. The number of nitrogens with zero attached hydrogens (tertiary/aromatic N) is 1. The molecule has 0 spiro atoms. The molecule has 1 atom stereocenters. The summed E-state index contributed by atoms with van der Waals surface area (Å²) in [6.45, 7) is 1.75. The van der Waals surface area contributed by atoms with Crippen molar-refractivity contribution in [3.8, 4) is 6.07 Å². The van der Waals surface area contributed by atoms with Crippen LogP contribution in [-0.2, 0) is 9.53 Å². The van der Waals surface area contributed by atoms with E-state index in [1.54, 1.807) is 6.92 Å². The molecule has 1 unspecified atom stereocenters. The highest BCUT2D eigenvalue weighted by atomic mass is 19.4. The third kappa shape index (κ3) is 7.58. The van der Waals surface area contributed by atoms with Gasteiger partial charge in [0, 0.05) is 13.0 Å². The summed E-state index contributed by atoms with van der Waals surface area (Å²) in [6, 6.07) is 1.18. The number of hydrogen-bond donors (Lipinski definition) is 1. The summed E-state index contributed by atoms with van der Waals surface area (Å²) >= 11 is 0. The van der Waals surface area contributed by atoms with Crippen LogP contribution in [0.2, 0.25) is 0 Å². The van der Waals surface area contributed by atoms with E-state index < -0.39 is 18.6 Å². The van der Waals surface area contributed by atoms with Crippen molar-refractivity contribution >= 4 is 5.97 Å². The molecular formula is C10H15F3N2O2. The molecule has 17 heavy (non-hydrogen) atoms. The highest BCUT2D eigenvalue weighted by Crippen LogP contribution is 2.24. The smallest absolute Gasteiger partial charge is 0.405 e. The molecule has 0 aromatic heterocycles. The number of esters is 1. The topological polar surface area (TPSA) is 62.1 Å². The first-order chi connectivity index (χ1) is 7.91. The predicted octanol–water partition coefficient (Wildman–Crippen LogP) is 1.62. The predicted molar refractivity (Wildman–Crippen MR) is 53.9 cm³/mol. The van der Waals surface area contributed by atoms with Gasteiger partial charge in [-0.3, -0.25) is 4.79 Å². The maximum atomic E-state index is 12.1. The molecule has 0 aliphatic rings. The van der Waals surface area contributed by atoms with E-state index in [1.807, 2.05) is 0 Å². The third-order valence-corrected chi connectivity index (χ3v) is 1.94. The van der Waals surface area contributed by atoms with Crippen LogP contribution in [0.1, 0.15) is 19.8 Å². The number of rotatable bonds is 7. The summed E-state index contributed by atoms with van der Waals surface area (Å²) in [5, 5.41) is 10.8. The lowest BCUT2D eigenvalue weighted by Gasteiger charge is -2.13. The van der Waals surface area contributed by atoms with E-state index in [9.17, 15) is 18.0 Å². The Morgan fingerprint density at radius 1 is 1.53 bits per heavy atom. The van der Waals surface area contributed by atoms with Crippen molar-refractivity contribution in [2.45, 2.75) is 25.9 Å². The molecule has 0 aliphatic carbocycles. The van der Waals surface area contributed by atoms with E-state index in [2.05, 4.69) is 10.1 Å². The maximum absolute atomic E-state index is 12.1. The molecule has 0 heterocycles. The number of halogens is 3. The van der Waals surface area contributed by atoms with Crippen LogP contribution in [0.5, 0.6) is 0 Å². The largest absolute Gasteiger partial charge is 0.466 e. The molecular weight excluding hydrogens is 237 g/mol. The second-order valence-corrected chi connectivity index (χ2v) is 3.34. The average Bonchev–Trinajstić information content (AvgIpc) is 2.21. The van der Waals surface area contributed by atoms with E-state index in [-0.39, 0.29) is 25.5 Å². The van der Waals surface area contributed by atoms with Gasteiger partial charge in [-0.05, 0) is 19.9 Å². The summed E-state index contributed by atoms with van der Waals surface area (Å²) in [6.07, 6.45) is -3.97. The number of carbonyl (C=O) groups excluding carboxylic acids is 1. The second kappa shape index (κ2) is 7.90. The van der Waals surface area contributed by atoms with Gasteiger partial charge in [0.2, 0.25) is 0 Å². The lowest BCUT2D eigenvalue weighted by molar-refractivity contribution is -0.157. The Morgan fingerprint density at radius 2 is 2.18 bits per heavy atom. The first-order valence-corrected chi connectivity index (χ1v) is 5.24. The van der Waals surface area contributed by atoms with Crippen molar-refractivity contribution < 1.29 is 22.7 Å². The molecule has 1 N–H and O–H groups in total. The van der Waals surface area contributed by atoms with Crippen molar-refractivity contribution in [2.75, 3.05) is 19.7 Å². The number of ether oxygens (including phenoxy) is 1. The van der Waals surface area contributed by atoms with E-state index in [1.165, 1.54) is 6.07 Å². The van der Waals surface area contributed by atoms with Gasteiger partial charge in [0.25, 0.3) is 0 Å². The van der Waals surface area contributed by atoms with Gasteiger partial charge in [0.05, 0.1) is 12.7 Å². The Hall–Kier alpha value is -1.29. The number of carbonyl (C=O) groups is 1. The van der Waals surface area contributed by atoms with Crippen LogP contribution in [0.15, 0.2) is 0 Å². The summed E-state index contributed by atoms with van der Waals surface area (Å²) in [5.41, 5.74) is 0. The first kappa shape index (κ1) is 15.7. The van der Waals surface area contributed by atoms with Gasteiger partial charge in [0.15, 0.2) is 5.92 Å². The van der Waals surface area contributed by atoms with Gasteiger partial charge in [-0.15, -0.1) is 0 Å². The van der Waals surface area contributed by atoms with E-state index in [4.69, 9.17) is 5.26 Å². The SMILES string of the molecule is CCOC(=O)CCCNCC(C#N)C(F)(F)F. The number of nitrogens with one attached hydrogen (secondary N) is 1.